The van der Waals surface area contributed by atoms with Crippen LogP contribution in [0.4, 0.5) is 0 Å². The van der Waals surface area contributed by atoms with E-state index in [0.29, 0.717) is 6.42 Å². The lowest BCUT2D eigenvalue weighted by molar-refractivity contribution is -0.138. The summed E-state index contributed by atoms with van der Waals surface area (Å²) in [6.45, 7) is 1.94. The zero-order valence-electron chi connectivity index (χ0n) is 6.26. The van der Waals surface area contributed by atoms with Gasteiger partial charge in [0.25, 0.3) is 0 Å². The first kappa shape index (κ1) is 6.40. The zero-order valence-corrected chi connectivity index (χ0v) is 6.26. The van der Waals surface area contributed by atoms with Crippen molar-refractivity contribution in [3.8, 4) is 0 Å². The SMILES string of the molecule is CC1=C2OC(=O)CC=C2C=C1. The Morgan fingerprint density at radius 1 is 1.45 bits per heavy atom. The Hall–Kier alpha value is -1.31. The van der Waals surface area contributed by atoms with Gasteiger partial charge in [0.1, 0.15) is 5.76 Å². The van der Waals surface area contributed by atoms with Crippen LogP contribution >= 0.6 is 0 Å². The number of esters is 1. The van der Waals surface area contributed by atoms with E-state index in [1.165, 1.54) is 0 Å². The minimum absolute atomic E-state index is 0.160. The van der Waals surface area contributed by atoms with Gasteiger partial charge in [-0.3, -0.25) is 4.79 Å². The molecular weight excluding hydrogens is 140 g/mol. The molecule has 0 unspecified atom stereocenters. The van der Waals surface area contributed by atoms with Crippen molar-refractivity contribution in [2.75, 3.05) is 0 Å². The van der Waals surface area contributed by atoms with Crippen LogP contribution in [-0.4, -0.2) is 5.97 Å². The van der Waals surface area contributed by atoms with E-state index in [4.69, 9.17) is 4.74 Å². The highest BCUT2D eigenvalue weighted by molar-refractivity contribution is 5.77. The van der Waals surface area contributed by atoms with Crippen LogP contribution in [-0.2, 0) is 9.53 Å². The quantitative estimate of drug-likeness (QED) is 0.489. The van der Waals surface area contributed by atoms with Gasteiger partial charge in [-0.25, -0.2) is 0 Å². The molecule has 0 aromatic carbocycles. The predicted octanol–water partition coefficient (Wildman–Crippen LogP) is 1.70. The van der Waals surface area contributed by atoms with Crippen molar-refractivity contribution in [2.45, 2.75) is 13.3 Å². The van der Waals surface area contributed by atoms with Crippen LogP contribution in [0.1, 0.15) is 13.3 Å². The second-order valence-electron chi connectivity index (χ2n) is 2.68. The van der Waals surface area contributed by atoms with Crippen molar-refractivity contribution in [1.29, 1.82) is 0 Å². The third-order valence-corrected chi connectivity index (χ3v) is 1.84. The molecule has 11 heavy (non-hydrogen) atoms. The van der Waals surface area contributed by atoms with Crippen molar-refractivity contribution in [3.05, 3.63) is 35.1 Å². The summed E-state index contributed by atoms with van der Waals surface area (Å²) < 4.78 is 5.03. The van der Waals surface area contributed by atoms with Crippen molar-refractivity contribution >= 4 is 5.97 Å². The fraction of sp³-hybridized carbons (Fsp3) is 0.222. The standard InChI is InChI=1S/C9H8O2/c1-6-2-3-7-4-5-8(10)11-9(6)7/h2-4H,5H2,1H3. The summed E-state index contributed by atoms with van der Waals surface area (Å²) in [5, 5.41) is 0. The summed E-state index contributed by atoms with van der Waals surface area (Å²) >= 11 is 0. The Morgan fingerprint density at radius 2 is 2.27 bits per heavy atom. The average Bonchev–Trinajstić information content (AvgIpc) is 2.33. The van der Waals surface area contributed by atoms with Crippen LogP contribution in [0.5, 0.6) is 0 Å². The maximum absolute atomic E-state index is 10.8. The minimum Gasteiger partial charge on any atom is -0.425 e. The van der Waals surface area contributed by atoms with Crippen molar-refractivity contribution in [1.82, 2.24) is 0 Å². The highest BCUT2D eigenvalue weighted by Gasteiger charge is 2.20. The van der Waals surface area contributed by atoms with Gasteiger partial charge in [0, 0.05) is 5.57 Å². The van der Waals surface area contributed by atoms with Gasteiger partial charge < -0.3 is 4.74 Å². The smallest absolute Gasteiger partial charge is 0.315 e. The first-order chi connectivity index (χ1) is 5.27. The molecule has 2 heteroatoms. The molecule has 2 rings (SSSR count). The van der Waals surface area contributed by atoms with E-state index in [-0.39, 0.29) is 5.97 Å². The number of carbonyl (C=O) groups is 1. The molecule has 0 saturated heterocycles. The molecule has 56 valence electrons. The third-order valence-electron chi connectivity index (χ3n) is 1.84. The maximum atomic E-state index is 10.8. The van der Waals surface area contributed by atoms with E-state index >= 15 is 0 Å². The summed E-state index contributed by atoms with van der Waals surface area (Å²) in [4.78, 5) is 10.8. The van der Waals surface area contributed by atoms with Crippen LogP contribution in [0.25, 0.3) is 0 Å². The highest BCUT2D eigenvalue weighted by atomic mass is 16.5. The van der Waals surface area contributed by atoms with E-state index in [1.54, 1.807) is 0 Å². The number of hydrogen-bond acceptors (Lipinski definition) is 2. The van der Waals surface area contributed by atoms with Crippen LogP contribution in [0.15, 0.2) is 35.1 Å². The summed E-state index contributed by atoms with van der Waals surface area (Å²) in [5.74, 6) is 0.577. The van der Waals surface area contributed by atoms with E-state index in [2.05, 4.69) is 0 Å². The van der Waals surface area contributed by atoms with Crippen molar-refractivity contribution in [2.24, 2.45) is 0 Å². The molecule has 2 nitrogen and oxygen atoms in total. The maximum Gasteiger partial charge on any atom is 0.315 e. The monoisotopic (exact) mass is 148 g/mol. The fourth-order valence-corrected chi connectivity index (χ4v) is 1.24. The Balaban J connectivity index is 2.46. The molecule has 0 amide bonds. The fourth-order valence-electron chi connectivity index (χ4n) is 1.24. The van der Waals surface area contributed by atoms with E-state index < -0.39 is 0 Å². The lowest BCUT2D eigenvalue weighted by Crippen LogP contribution is -2.08. The van der Waals surface area contributed by atoms with Gasteiger partial charge in [0.2, 0.25) is 0 Å². The van der Waals surface area contributed by atoms with E-state index in [9.17, 15) is 4.79 Å². The topological polar surface area (TPSA) is 26.3 Å². The Morgan fingerprint density at radius 3 is 3.09 bits per heavy atom. The van der Waals surface area contributed by atoms with E-state index in [0.717, 1.165) is 16.9 Å². The molecule has 0 N–H and O–H groups in total. The molecule has 0 aromatic rings. The third kappa shape index (κ3) is 0.909. The average molecular weight is 148 g/mol. The Labute approximate surface area is 64.9 Å². The van der Waals surface area contributed by atoms with Gasteiger partial charge in [-0.15, -0.1) is 0 Å². The number of fused-ring (bicyclic) bond motifs is 1. The van der Waals surface area contributed by atoms with E-state index in [1.807, 2.05) is 25.2 Å². The molecule has 0 saturated carbocycles. The van der Waals surface area contributed by atoms with Gasteiger partial charge in [-0.1, -0.05) is 18.2 Å². The van der Waals surface area contributed by atoms with Gasteiger partial charge in [0.15, 0.2) is 0 Å². The Kier molecular flexibility index (Phi) is 1.22. The summed E-state index contributed by atoms with van der Waals surface area (Å²) in [6, 6.07) is 0. The van der Waals surface area contributed by atoms with Gasteiger partial charge in [-0.05, 0) is 12.5 Å². The molecule has 2 aliphatic rings. The number of rotatable bonds is 0. The Bertz CT molecular complexity index is 306. The van der Waals surface area contributed by atoms with Gasteiger partial charge in [0.05, 0.1) is 6.42 Å². The first-order valence-electron chi connectivity index (χ1n) is 3.57. The molecule has 0 atom stereocenters. The van der Waals surface area contributed by atoms with Crippen LogP contribution in [0.2, 0.25) is 0 Å². The molecule has 0 aromatic heterocycles. The zero-order chi connectivity index (χ0) is 7.84. The molecular formula is C9H8O2. The minimum atomic E-state index is -0.160. The van der Waals surface area contributed by atoms with Crippen LogP contribution < -0.4 is 0 Å². The lowest BCUT2D eigenvalue weighted by Gasteiger charge is -2.11. The molecule has 1 aliphatic heterocycles. The number of ether oxygens (including phenoxy) is 1. The van der Waals surface area contributed by atoms with Crippen molar-refractivity contribution in [3.63, 3.8) is 0 Å². The number of allylic oxidation sites excluding steroid dienone is 3. The molecule has 0 radical (unpaired) electrons. The normalized spacial score (nSPS) is 21.5. The van der Waals surface area contributed by atoms with Crippen LogP contribution in [0, 0.1) is 0 Å². The van der Waals surface area contributed by atoms with Gasteiger partial charge >= 0.3 is 5.97 Å². The molecule has 1 heterocycles. The van der Waals surface area contributed by atoms with Gasteiger partial charge in [-0.2, -0.15) is 0 Å². The molecule has 0 bridgehead atoms. The van der Waals surface area contributed by atoms with Crippen molar-refractivity contribution < 1.29 is 9.53 Å². The number of hydrogen-bond donors (Lipinski definition) is 0. The predicted molar refractivity (Wildman–Crippen MR) is 40.6 cm³/mol. The molecule has 0 spiro atoms. The summed E-state index contributed by atoms with van der Waals surface area (Å²) in [6.07, 6.45) is 6.22. The van der Waals surface area contributed by atoms with Crippen LogP contribution in [0.3, 0.4) is 0 Å². The number of carbonyl (C=O) groups excluding carboxylic acids is 1. The molecule has 0 fully saturated rings. The first-order valence-corrected chi connectivity index (χ1v) is 3.57. The summed E-state index contributed by atoms with van der Waals surface area (Å²) in [5.41, 5.74) is 2.08. The second kappa shape index (κ2) is 2.09. The lowest BCUT2D eigenvalue weighted by atomic mass is 10.1. The summed E-state index contributed by atoms with van der Waals surface area (Å²) in [7, 11) is 0. The highest BCUT2D eigenvalue weighted by Crippen LogP contribution is 2.29. The largest absolute Gasteiger partial charge is 0.425 e. The molecule has 1 aliphatic carbocycles. The second-order valence-corrected chi connectivity index (χ2v) is 2.68.